The molecule has 1 saturated heterocycles. The SMILES string of the molecule is COc1cc(/C=C2\SC(=O)N(Cc3ccc(Cl)cc3)C2=O)cc(I)c1OCc1ccc(C)cc1. The molecule has 0 atom stereocenters. The summed E-state index contributed by atoms with van der Waals surface area (Å²) in [5.74, 6) is 0.876. The minimum absolute atomic E-state index is 0.200. The van der Waals surface area contributed by atoms with Crippen LogP contribution in [0.4, 0.5) is 4.79 Å². The lowest BCUT2D eigenvalue weighted by atomic mass is 10.1. The first-order chi connectivity index (χ1) is 16.3. The number of carbonyl (C=O) groups is 2. The van der Waals surface area contributed by atoms with E-state index in [1.54, 1.807) is 43.5 Å². The molecular weight excluding hydrogens is 585 g/mol. The topological polar surface area (TPSA) is 55.8 Å². The summed E-state index contributed by atoms with van der Waals surface area (Å²) in [5, 5.41) is 0.304. The van der Waals surface area contributed by atoms with Crippen molar-refractivity contribution in [2.75, 3.05) is 7.11 Å². The number of amides is 2. The van der Waals surface area contributed by atoms with Gasteiger partial charge in [-0.3, -0.25) is 14.5 Å². The van der Waals surface area contributed by atoms with Gasteiger partial charge in [0.2, 0.25) is 0 Å². The average Bonchev–Trinajstić information content (AvgIpc) is 3.07. The van der Waals surface area contributed by atoms with Crippen LogP contribution in [0.2, 0.25) is 5.02 Å². The highest BCUT2D eigenvalue weighted by atomic mass is 127. The van der Waals surface area contributed by atoms with Crippen LogP contribution in [-0.2, 0) is 17.9 Å². The Bertz CT molecular complexity index is 1260. The van der Waals surface area contributed by atoms with Crippen LogP contribution in [0.3, 0.4) is 0 Å². The molecule has 0 saturated carbocycles. The number of thioether (sulfide) groups is 1. The fourth-order valence-corrected chi connectivity index (χ4v) is 5.11. The Kier molecular flexibility index (Phi) is 7.85. The van der Waals surface area contributed by atoms with Crippen LogP contribution in [0.5, 0.6) is 11.5 Å². The molecule has 0 aliphatic carbocycles. The predicted octanol–water partition coefficient (Wildman–Crippen LogP) is 7.08. The number of halogens is 2. The molecule has 0 radical (unpaired) electrons. The summed E-state index contributed by atoms with van der Waals surface area (Å²) in [6.07, 6.45) is 1.71. The molecule has 1 aliphatic rings. The zero-order chi connectivity index (χ0) is 24.2. The first-order valence-electron chi connectivity index (χ1n) is 10.4. The highest BCUT2D eigenvalue weighted by molar-refractivity contribution is 14.1. The van der Waals surface area contributed by atoms with E-state index in [1.807, 2.05) is 37.3 Å². The number of rotatable bonds is 7. The van der Waals surface area contributed by atoms with Gasteiger partial charge in [0.05, 0.1) is 22.1 Å². The lowest BCUT2D eigenvalue weighted by Crippen LogP contribution is -2.27. The number of carbonyl (C=O) groups excluding carboxylic acids is 2. The molecule has 1 fully saturated rings. The second-order valence-corrected chi connectivity index (χ2v) is 10.3. The van der Waals surface area contributed by atoms with E-state index in [9.17, 15) is 9.59 Å². The van der Waals surface area contributed by atoms with Crippen molar-refractivity contribution in [3.63, 3.8) is 0 Å². The third kappa shape index (κ3) is 5.76. The van der Waals surface area contributed by atoms with E-state index in [2.05, 4.69) is 22.6 Å². The standard InChI is InChI=1S/C26H21ClINO4S/c1-16-3-5-18(6-4-16)15-33-24-21(28)11-19(12-22(24)32-2)13-23-25(30)29(26(31)34-23)14-17-7-9-20(27)10-8-17/h3-13H,14-15H2,1-2H3/b23-13-. The number of nitrogens with zero attached hydrogens (tertiary/aromatic N) is 1. The molecule has 0 spiro atoms. The molecule has 4 rings (SSSR count). The van der Waals surface area contributed by atoms with Gasteiger partial charge < -0.3 is 9.47 Å². The van der Waals surface area contributed by atoms with E-state index in [-0.39, 0.29) is 17.7 Å². The highest BCUT2D eigenvalue weighted by Gasteiger charge is 2.35. The van der Waals surface area contributed by atoms with Crippen molar-refractivity contribution in [3.05, 3.63) is 96.4 Å². The third-order valence-corrected chi connectivity index (χ3v) is 7.14. The van der Waals surface area contributed by atoms with Gasteiger partial charge in [0, 0.05) is 5.02 Å². The van der Waals surface area contributed by atoms with Crippen LogP contribution in [0.1, 0.15) is 22.3 Å². The monoisotopic (exact) mass is 605 g/mol. The van der Waals surface area contributed by atoms with Gasteiger partial charge in [0.25, 0.3) is 11.1 Å². The first-order valence-corrected chi connectivity index (χ1v) is 12.7. The highest BCUT2D eigenvalue weighted by Crippen LogP contribution is 2.38. The van der Waals surface area contributed by atoms with Crippen LogP contribution >= 0.6 is 46.0 Å². The van der Waals surface area contributed by atoms with Crippen LogP contribution in [0.15, 0.2) is 65.6 Å². The zero-order valence-electron chi connectivity index (χ0n) is 18.5. The molecule has 3 aromatic rings. The molecule has 8 heteroatoms. The van der Waals surface area contributed by atoms with Crippen LogP contribution in [0.25, 0.3) is 6.08 Å². The van der Waals surface area contributed by atoms with E-state index < -0.39 is 0 Å². The van der Waals surface area contributed by atoms with Crippen molar-refractivity contribution in [3.8, 4) is 11.5 Å². The molecule has 0 bridgehead atoms. The Morgan fingerprint density at radius 1 is 1.03 bits per heavy atom. The number of ether oxygens (including phenoxy) is 2. The third-order valence-electron chi connectivity index (χ3n) is 5.18. The Morgan fingerprint density at radius 2 is 1.71 bits per heavy atom. The van der Waals surface area contributed by atoms with Gasteiger partial charge in [-0.15, -0.1) is 0 Å². The number of hydrogen-bond acceptors (Lipinski definition) is 5. The van der Waals surface area contributed by atoms with E-state index in [0.717, 1.165) is 32.0 Å². The lowest BCUT2D eigenvalue weighted by molar-refractivity contribution is -0.123. The summed E-state index contributed by atoms with van der Waals surface area (Å²) in [6.45, 7) is 2.66. The van der Waals surface area contributed by atoms with Gasteiger partial charge >= 0.3 is 0 Å². The Labute approximate surface area is 221 Å². The predicted molar refractivity (Wildman–Crippen MR) is 144 cm³/mol. The largest absolute Gasteiger partial charge is 0.493 e. The summed E-state index contributed by atoms with van der Waals surface area (Å²) in [6, 6.07) is 18.9. The lowest BCUT2D eigenvalue weighted by Gasteiger charge is -2.14. The van der Waals surface area contributed by atoms with Gasteiger partial charge in [0.1, 0.15) is 6.61 Å². The number of aryl methyl sites for hydroxylation is 1. The molecule has 174 valence electrons. The number of hydrogen-bond donors (Lipinski definition) is 0. The molecule has 0 N–H and O–H groups in total. The maximum Gasteiger partial charge on any atom is 0.293 e. The van der Waals surface area contributed by atoms with E-state index in [4.69, 9.17) is 21.1 Å². The second-order valence-electron chi connectivity index (χ2n) is 7.70. The molecule has 1 heterocycles. The molecule has 2 amide bonds. The fourth-order valence-electron chi connectivity index (χ4n) is 3.36. The summed E-state index contributed by atoms with van der Waals surface area (Å²) in [7, 11) is 1.58. The molecule has 1 aliphatic heterocycles. The van der Waals surface area contributed by atoms with Gasteiger partial charge in [0.15, 0.2) is 11.5 Å². The van der Waals surface area contributed by atoms with Crippen molar-refractivity contribution in [1.29, 1.82) is 0 Å². The second kappa shape index (κ2) is 10.8. The summed E-state index contributed by atoms with van der Waals surface area (Å²) < 4.78 is 12.4. The fraction of sp³-hybridized carbons (Fsp3) is 0.154. The van der Waals surface area contributed by atoms with Crippen LogP contribution < -0.4 is 9.47 Å². The summed E-state index contributed by atoms with van der Waals surface area (Å²) in [5.41, 5.74) is 3.83. The smallest absolute Gasteiger partial charge is 0.293 e. The first kappa shape index (κ1) is 24.6. The maximum absolute atomic E-state index is 12.9. The normalized spacial score (nSPS) is 14.7. The van der Waals surface area contributed by atoms with Crippen molar-refractivity contribution in [2.45, 2.75) is 20.1 Å². The van der Waals surface area contributed by atoms with Gasteiger partial charge in [-0.1, -0.05) is 53.6 Å². The Balaban J connectivity index is 1.52. The minimum Gasteiger partial charge on any atom is -0.493 e. The molecule has 5 nitrogen and oxygen atoms in total. The molecule has 34 heavy (non-hydrogen) atoms. The van der Waals surface area contributed by atoms with Gasteiger partial charge in [-0.05, 0) is 88.3 Å². The number of benzene rings is 3. The summed E-state index contributed by atoms with van der Waals surface area (Å²) >= 11 is 9.04. The zero-order valence-corrected chi connectivity index (χ0v) is 22.2. The van der Waals surface area contributed by atoms with Crippen LogP contribution in [0, 0.1) is 10.5 Å². The van der Waals surface area contributed by atoms with Crippen molar-refractivity contribution in [2.24, 2.45) is 0 Å². The Morgan fingerprint density at radius 3 is 2.38 bits per heavy atom. The molecule has 3 aromatic carbocycles. The van der Waals surface area contributed by atoms with E-state index >= 15 is 0 Å². The molecule has 0 aromatic heterocycles. The van der Waals surface area contributed by atoms with Gasteiger partial charge in [-0.2, -0.15) is 0 Å². The Hall–Kier alpha value is -2.49. The van der Waals surface area contributed by atoms with E-state index in [0.29, 0.717) is 28.0 Å². The van der Waals surface area contributed by atoms with Crippen LogP contribution in [-0.4, -0.2) is 23.2 Å². The van der Waals surface area contributed by atoms with Crippen molar-refractivity contribution >= 4 is 63.2 Å². The maximum atomic E-state index is 12.9. The molecule has 0 unspecified atom stereocenters. The average molecular weight is 606 g/mol. The minimum atomic E-state index is -0.321. The molecular formula is C26H21ClINO4S. The van der Waals surface area contributed by atoms with E-state index in [1.165, 1.54) is 10.5 Å². The van der Waals surface area contributed by atoms with Crippen molar-refractivity contribution in [1.82, 2.24) is 4.90 Å². The quantitative estimate of drug-likeness (QED) is 0.213. The van der Waals surface area contributed by atoms with Gasteiger partial charge in [-0.25, -0.2) is 0 Å². The number of methoxy groups -OCH3 is 1. The van der Waals surface area contributed by atoms with Crippen molar-refractivity contribution < 1.29 is 19.1 Å². The summed E-state index contributed by atoms with van der Waals surface area (Å²) in [4.78, 5) is 27.0. The number of imide groups is 1.